The molecule has 0 radical (unpaired) electrons. The van der Waals surface area contributed by atoms with E-state index in [1.165, 1.54) is 6.42 Å². The Labute approximate surface area is 179 Å². The van der Waals surface area contributed by atoms with Gasteiger partial charge in [0.2, 0.25) is 16.0 Å². The quantitative estimate of drug-likeness (QED) is 0.617. The molecule has 2 fully saturated rings. The lowest BCUT2D eigenvalue weighted by molar-refractivity contribution is 0.283. The maximum atomic E-state index is 12.5. The number of rotatable bonds is 7. The molecule has 7 nitrogen and oxygen atoms in total. The number of nitrogens with zero attached hydrogens (tertiary/aromatic N) is 2. The molecule has 1 aromatic carbocycles. The van der Waals surface area contributed by atoms with Crippen LogP contribution in [0.3, 0.4) is 0 Å². The highest BCUT2D eigenvalue weighted by molar-refractivity contribution is 7.90. The van der Waals surface area contributed by atoms with Crippen LogP contribution in [0.5, 0.6) is 0 Å². The van der Waals surface area contributed by atoms with Crippen LogP contribution in [0.15, 0.2) is 24.3 Å². The van der Waals surface area contributed by atoms with Crippen molar-refractivity contribution in [1.29, 1.82) is 0 Å². The Kier molecular flexibility index (Phi) is 6.73. The summed E-state index contributed by atoms with van der Waals surface area (Å²) in [5.74, 6) is 2.06. The third-order valence-corrected chi connectivity index (χ3v) is 8.63. The van der Waals surface area contributed by atoms with E-state index in [1.807, 2.05) is 24.3 Å². The van der Waals surface area contributed by atoms with Gasteiger partial charge in [-0.3, -0.25) is 0 Å². The van der Waals surface area contributed by atoms with Gasteiger partial charge in [0, 0.05) is 18.5 Å². The predicted octanol–water partition coefficient (Wildman–Crippen LogP) is 3.68. The molecule has 2 aliphatic carbocycles. The number of sulfonamides is 1. The van der Waals surface area contributed by atoms with Crippen LogP contribution in [0.25, 0.3) is 10.9 Å². The first-order valence-corrected chi connectivity index (χ1v) is 12.8. The summed E-state index contributed by atoms with van der Waals surface area (Å²) < 4.78 is 28.0. The van der Waals surface area contributed by atoms with Crippen molar-refractivity contribution in [3.05, 3.63) is 24.3 Å². The maximum Gasteiger partial charge on any atom is 0.225 e. The van der Waals surface area contributed by atoms with Crippen molar-refractivity contribution in [2.45, 2.75) is 63.0 Å². The summed E-state index contributed by atoms with van der Waals surface area (Å²) in [5, 5.41) is 4.04. The fourth-order valence-electron chi connectivity index (χ4n) is 4.78. The van der Waals surface area contributed by atoms with Crippen molar-refractivity contribution in [2.75, 3.05) is 24.1 Å². The van der Waals surface area contributed by atoms with E-state index in [9.17, 15) is 8.42 Å². The van der Waals surface area contributed by atoms with Crippen LogP contribution in [0.1, 0.15) is 57.8 Å². The lowest BCUT2D eigenvalue weighted by atomic mass is 9.82. The van der Waals surface area contributed by atoms with E-state index in [4.69, 9.17) is 5.73 Å². The minimum absolute atomic E-state index is 0.179. The topological polar surface area (TPSA) is 110 Å². The van der Waals surface area contributed by atoms with Gasteiger partial charge in [0.25, 0.3) is 0 Å². The van der Waals surface area contributed by atoms with Crippen molar-refractivity contribution in [1.82, 2.24) is 14.7 Å². The Morgan fingerprint density at radius 3 is 2.30 bits per heavy atom. The molecule has 8 heteroatoms. The Morgan fingerprint density at radius 1 is 0.900 bits per heavy atom. The number of nitrogens with one attached hydrogen (secondary N) is 2. The van der Waals surface area contributed by atoms with Crippen LogP contribution in [0.4, 0.5) is 11.8 Å². The first-order valence-electron chi connectivity index (χ1n) is 11.3. The zero-order valence-corrected chi connectivity index (χ0v) is 18.3. The summed E-state index contributed by atoms with van der Waals surface area (Å²) in [7, 11) is -3.16. The number of anilines is 2. The number of nitrogen functional groups attached to an aromatic ring is 1. The van der Waals surface area contributed by atoms with Gasteiger partial charge in [0.05, 0.1) is 10.8 Å². The molecule has 1 aromatic heterocycles. The zero-order chi connectivity index (χ0) is 21.0. The molecule has 2 aromatic rings. The lowest BCUT2D eigenvalue weighted by Gasteiger charge is -2.29. The molecule has 1 heterocycles. The van der Waals surface area contributed by atoms with Crippen LogP contribution < -0.4 is 15.8 Å². The molecular weight excluding hydrogens is 398 g/mol. The zero-order valence-electron chi connectivity index (χ0n) is 17.5. The van der Waals surface area contributed by atoms with Gasteiger partial charge in [-0.2, -0.15) is 4.98 Å². The molecule has 0 unspecified atom stereocenters. The summed E-state index contributed by atoms with van der Waals surface area (Å²) >= 11 is 0. The molecule has 4 rings (SSSR count). The summed E-state index contributed by atoms with van der Waals surface area (Å²) in [6, 6.07) is 7.75. The van der Waals surface area contributed by atoms with E-state index in [1.54, 1.807) is 0 Å². The Hall–Kier alpha value is -1.93. The summed E-state index contributed by atoms with van der Waals surface area (Å²) in [6.45, 7) is 1.40. The Bertz CT molecular complexity index is 951. The van der Waals surface area contributed by atoms with E-state index in [-0.39, 0.29) is 5.25 Å². The highest BCUT2D eigenvalue weighted by Gasteiger charge is 2.28. The van der Waals surface area contributed by atoms with E-state index in [2.05, 4.69) is 20.0 Å². The normalized spacial score (nSPS) is 23.5. The van der Waals surface area contributed by atoms with E-state index in [0.717, 1.165) is 68.8 Å². The summed E-state index contributed by atoms with van der Waals surface area (Å²) in [6.07, 6.45) is 9.16. The Balaban J connectivity index is 1.22. The van der Waals surface area contributed by atoms with Crippen molar-refractivity contribution < 1.29 is 8.42 Å². The van der Waals surface area contributed by atoms with Crippen molar-refractivity contribution >= 4 is 32.7 Å². The number of hydrogen-bond acceptors (Lipinski definition) is 6. The van der Waals surface area contributed by atoms with E-state index >= 15 is 0 Å². The molecule has 4 N–H and O–H groups in total. The number of benzene rings is 1. The van der Waals surface area contributed by atoms with Gasteiger partial charge < -0.3 is 11.1 Å². The third-order valence-electron chi connectivity index (χ3n) is 6.71. The number of fused-ring (bicyclic) bond motifs is 1. The van der Waals surface area contributed by atoms with Crippen LogP contribution in [0, 0.1) is 11.8 Å². The molecule has 2 saturated carbocycles. The summed E-state index contributed by atoms with van der Waals surface area (Å²) in [4.78, 5) is 8.94. The van der Waals surface area contributed by atoms with E-state index < -0.39 is 10.0 Å². The monoisotopic (exact) mass is 431 g/mol. The van der Waals surface area contributed by atoms with Crippen LogP contribution in [0.2, 0.25) is 0 Å². The van der Waals surface area contributed by atoms with Crippen LogP contribution >= 0.6 is 0 Å². The van der Waals surface area contributed by atoms with Gasteiger partial charge >= 0.3 is 0 Å². The number of aromatic nitrogens is 2. The molecule has 0 atom stereocenters. The minimum atomic E-state index is -3.16. The second kappa shape index (κ2) is 9.47. The van der Waals surface area contributed by atoms with Gasteiger partial charge in [-0.1, -0.05) is 31.4 Å². The molecule has 0 bridgehead atoms. The molecule has 30 heavy (non-hydrogen) atoms. The fraction of sp³-hybridized carbons (Fsp3) is 0.636. The van der Waals surface area contributed by atoms with Crippen LogP contribution in [-0.4, -0.2) is 36.7 Å². The molecular formula is C22H33N5O2S. The van der Waals surface area contributed by atoms with E-state index in [0.29, 0.717) is 30.1 Å². The first-order chi connectivity index (χ1) is 14.5. The van der Waals surface area contributed by atoms with Gasteiger partial charge in [-0.05, 0) is 62.5 Å². The second-order valence-corrected chi connectivity index (χ2v) is 10.9. The first kappa shape index (κ1) is 21.3. The maximum absolute atomic E-state index is 12.5. The number of nitrogens with two attached hydrogens (primary N) is 1. The highest BCUT2D eigenvalue weighted by Crippen LogP contribution is 2.30. The largest absolute Gasteiger partial charge is 0.383 e. The van der Waals surface area contributed by atoms with Gasteiger partial charge in [-0.25, -0.2) is 18.1 Å². The molecule has 0 spiro atoms. The molecule has 2 aliphatic rings. The molecule has 0 saturated heterocycles. The van der Waals surface area contributed by atoms with Crippen molar-refractivity contribution in [2.24, 2.45) is 11.8 Å². The summed E-state index contributed by atoms with van der Waals surface area (Å²) in [5.41, 5.74) is 6.91. The second-order valence-electron chi connectivity index (χ2n) is 8.87. The lowest BCUT2D eigenvalue weighted by Crippen LogP contribution is -2.39. The number of para-hydroxylation sites is 1. The molecule has 0 amide bonds. The van der Waals surface area contributed by atoms with Gasteiger partial charge in [-0.15, -0.1) is 0 Å². The third kappa shape index (κ3) is 5.21. The minimum Gasteiger partial charge on any atom is -0.383 e. The Morgan fingerprint density at radius 2 is 1.57 bits per heavy atom. The highest BCUT2D eigenvalue weighted by atomic mass is 32.2. The smallest absolute Gasteiger partial charge is 0.225 e. The molecule has 0 aliphatic heterocycles. The molecule has 164 valence electrons. The standard InChI is InChI=1S/C22H33N5O2S/c23-21-19-8-4-5-9-20(19)26-22(27-21)24-14-16-10-12-17(13-11-16)15-25-30(28,29)18-6-2-1-3-7-18/h4-5,8-9,16-18,25H,1-3,6-7,10-15H2,(H3,23,24,26,27). The fourth-order valence-corrected chi connectivity index (χ4v) is 6.44. The van der Waals surface area contributed by atoms with Crippen molar-refractivity contribution in [3.8, 4) is 0 Å². The average Bonchev–Trinajstić information content (AvgIpc) is 2.78. The van der Waals surface area contributed by atoms with Gasteiger partial charge in [0.15, 0.2) is 0 Å². The SMILES string of the molecule is Nc1nc(NCC2CCC(CNS(=O)(=O)C3CCCCC3)CC2)nc2ccccc12. The number of hydrogen-bond donors (Lipinski definition) is 3. The van der Waals surface area contributed by atoms with Crippen LogP contribution in [-0.2, 0) is 10.0 Å². The average molecular weight is 432 g/mol. The van der Waals surface area contributed by atoms with Crippen molar-refractivity contribution in [3.63, 3.8) is 0 Å². The van der Waals surface area contributed by atoms with Gasteiger partial charge in [0.1, 0.15) is 5.82 Å². The predicted molar refractivity (Wildman–Crippen MR) is 122 cm³/mol.